The van der Waals surface area contributed by atoms with E-state index in [1.807, 2.05) is 11.8 Å². The van der Waals surface area contributed by atoms with Gasteiger partial charge in [-0.1, -0.05) is 74.1 Å². The fourth-order valence-corrected chi connectivity index (χ4v) is 5.59. The smallest absolute Gasteiger partial charge is 0.0532 e. The van der Waals surface area contributed by atoms with E-state index in [4.69, 9.17) is 0 Å². The zero-order valence-corrected chi connectivity index (χ0v) is 17.8. The van der Waals surface area contributed by atoms with E-state index in [1.165, 1.54) is 54.8 Å². The summed E-state index contributed by atoms with van der Waals surface area (Å²) in [7, 11) is 0. The van der Waals surface area contributed by atoms with Gasteiger partial charge in [-0.2, -0.15) is 0 Å². The Labute approximate surface area is 181 Å². The van der Waals surface area contributed by atoms with E-state index in [0.717, 1.165) is 0 Å². The summed E-state index contributed by atoms with van der Waals surface area (Å²) in [6.07, 6.45) is 0. The van der Waals surface area contributed by atoms with Crippen LogP contribution in [0, 0.1) is 0 Å². The van der Waals surface area contributed by atoms with Gasteiger partial charge in [0.05, 0.1) is 11.4 Å². The second-order valence-electron chi connectivity index (χ2n) is 8.49. The van der Waals surface area contributed by atoms with Crippen molar-refractivity contribution in [1.29, 1.82) is 0 Å². The third-order valence-corrected chi connectivity index (χ3v) is 7.40. The van der Waals surface area contributed by atoms with Crippen molar-refractivity contribution in [2.75, 3.05) is 10.6 Å². The van der Waals surface area contributed by atoms with Crippen molar-refractivity contribution < 1.29 is 0 Å². The average Bonchev–Trinajstić information content (AvgIpc) is 2.77. The van der Waals surface area contributed by atoms with Crippen LogP contribution in [-0.2, 0) is 5.41 Å². The number of nitrogens with one attached hydrogen (secondary N) is 2. The third-order valence-electron chi connectivity index (χ3n) is 6.25. The van der Waals surface area contributed by atoms with Crippen molar-refractivity contribution in [3.05, 3.63) is 96.1 Å². The number of anilines is 4. The van der Waals surface area contributed by atoms with Gasteiger partial charge >= 0.3 is 0 Å². The zero-order chi connectivity index (χ0) is 20.3. The SMILES string of the molecule is CC1(C)c2ccccc2Nc2cc(-c3ccc4c(c3)Nc3ccccc3S4)ccc21. The fourth-order valence-electron chi connectivity index (χ4n) is 4.62. The summed E-state index contributed by atoms with van der Waals surface area (Å²) in [4.78, 5) is 2.54. The molecule has 30 heavy (non-hydrogen) atoms. The van der Waals surface area contributed by atoms with Crippen LogP contribution in [0.3, 0.4) is 0 Å². The highest BCUT2D eigenvalue weighted by atomic mass is 32.2. The van der Waals surface area contributed by atoms with Crippen molar-refractivity contribution in [3.8, 4) is 11.1 Å². The summed E-state index contributed by atoms with van der Waals surface area (Å²) in [6, 6.07) is 30.6. The Bertz CT molecular complexity index is 1310. The molecule has 0 aliphatic carbocycles. The Kier molecular flexibility index (Phi) is 3.78. The summed E-state index contributed by atoms with van der Waals surface area (Å²) in [6.45, 7) is 4.62. The van der Waals surface area contributed by atoms with Gasteiger partial charge in [0.1, 0.15) is 0 Å². The molecular formula is C27H22N2S. The van der Waals surface area contributed by atoms with Crippen LogP contribution in [0.5, 0.6) is 0 Å². The van der Waals surface area contributed by atoms with Crippen molar-refractivity contribution in [3.63, 3.8) is 0 Å². The van der Waals surface area contributed by atoms with Crippen LogP contribution < -0.4 is 10.6 Å². The molecule has 0 saturated carbocycles. The quantitative estimate of drug-likeness (QED) is 0.295. The summed E-state index contributed by atoms with van der Waals surface area (Å²) in [5.74, 6) is 0. The first-order valence-electron chi connectivity index (χ1n) is 10.3. The molecule has 0 unspecified atom stereocenters. The first-order valence-corrected chi connectivity index (χ1v) is 11.1. The van der Waals surface area contributed by atoms with Gasteiger partial charge in [-0.25, -0.2) is 0 Å². The molecule has 0 radical (unpaired) electrons. The monoisotopic (exact) mass is 406 g/mol. The molecule has 0 saturated heterocycles. The minimum atomic E-state index is -0.0204. The lowest BCUT2D eigenvalue weighted by Gasteiger charge is -2.36. The molecule has 2 aliphatic rings. The molecule has 0 aromatic heterocycles. The Morgan fingerprint density at radius 3 is 2.03 bits per heavy atom. The van der Waals surface area contributed by atoms with Gasteiger partial charge in [0, 0.05) is 26.6 Å². The Morgan fingerprint density at radius 1 is 0.567 bits per heavy atom. The highest BCUT2D eigenvalue weighted by Crippen LogP contribution is 2.48. The highest BCUT2D eigenvalue weighted by molar-refractivity contribution is 7.99. The van der Waals surface area contributed by atoms with Crippen LogP contribution in [0.25, 0.3) is 11.1 Å². The molecule has 0 fully saturated rings. The van der Waals surface area contributed by atoms with Gasteiger partial charge in [-0.05, 0) is 58.7 Å². The number of benzene rings is 4. The Morgan fingerprint density at radius 2 is 1.17 bits per heavy atom. The molecule has 146 valence electrons. The number of para-hydroxylation sites is 2. The van der Waals surface area contributed by atoms with E-state index in [-0.39, 0.29) is 5.41 Å². The van der Waals surface area contributed by atoms with Crippen molar-refractivity contribution in [1.82, 2.24) is 0 Å². The van der Waals surface area contributed by atoms with Crippen LogP contribution in [0.4, 0.5) is 22.7 Å². The molecule has 0 amide bonds. The molecule has 4 aromatic rings. The molecule has 6 rings (SSSR count). The van der Waals surface area contributed by atoms with Crippen molar-refractivity contribution >= 4 is 34.5 Å². The fraction of sp³-hybridized carbons (Fsp3) is 0.111. The lowest BCUT2D eigenvalue weighted by Crippen LogP contribution is -2.25. The average molecular weight is 407 g/mol. The van der Waals surface area contributed by atoms with Crippen molar-refractivity contribution in [2.45, 2.75) is 29.1 Å². The van der Waals surface area contributed by atoms with Gasteiger partial charge in [-0.15, -0.1) is 0 Å². The van der Waals surface area contributed by atoms with E-state index in [1.54, 1.807) is 0 Å². The molecule has 0 spiro atoms. The number of hydrogen-bond donors (Lipinski definition) is 2. The normalized spacial score (nSPS) is 15.0. The minimum Gasteiger partial charge on any atom is -0.355 e. The summed E-state index contributed by atoms with van der Waals surface area (Å²) >= 11 is 1.83. The van der Waals surface area contributed by atoms with Crippen molar-refractivity contribution in [2.24, 2.45) is 0 Å². The molecule has 4 aromatic carbocycles. The van der Waals surface area contributed by atoms with E-state index in [0.29, 0.717) is 0 Å². The first-order chi connectivity index (χ1) is 14.6. The van der Waals surface area contributed by atoms with Crippen LogP contribution in [-0.4, -0.2) is 0 Å². The molecule has 2 heterocycles. The largest absolute Gasteiger partial charge is 0.355 e. The van der Waals surface area contributed by atoms with Crippen LogP contribution in [0.2, 0.25) is 0 Å². The second kappa shape index (κ2) is 6.41. The van der Waals surface area contributed by atoms with Gasteiger partial charge in [0.15, 0.2) is 0 Å². The molecule has 2 nitrogen and oxygen atoms in total. The minimum absolute atomic E-state index is 0.0204. The summed E-state index contributed by atoms with van der Waals surface area (Å²) < 4.78 is 0. The molecule has 2 N–H and O–H groups in total. The molecule has 3 heteroatoms. The predicted octanol–water partition coefficient (Wildman–Crippen LogP) is 7.94. The van der Waals surface area contributed by atoms with Gasteiger partial charge in [0.2, 0.25) is 0 Å². The van der Waals surface area contributed by atoms with Crippen LogP contribution in [0.1, 0.15) is 25.0 Å². The summed E-state index contributed by atoms with van der Waals surface area (Å²) in [5, 5.41) is 7.26. The predicted molar refractivity (Wildman–Crippen MR) is 128 cm³/mol. The topological polar surface area (TPSA) is 24.1 Å². The maximum atomic E-state index is 3.66. The number of fused-ring (bicyclic) bond motifs is 4. The molecule has 2 aliphatic heterocycles. The number of hydrogen-bond acceptors (Lipinski definition) is 3. The van der Waals surface area contributed by atoms with E-state index in [2.05, 4.69) is 109 Å². The van der Waals surface area contributed by atoms with E-state index in [9.17, 15) is 0 Å². The van der Waals surface area contributed by atoms with E-state index >= 15 is 0 Å². The third kappa shape index (κ3) is 2.66. The standard InChI is InChI=1S/C27H22N2S/c1-27(2)19-7-3-4-8-21(19)28-23-15-17(11-13-20(23)27)18-12-14-26-24(16-18)29-22-9-5-6-10-25(22)30-26/h3-16,28-29H,1-2H3. The Hall–Kier alpha value is -3.17. The van der Waals surface area contributed by atoms with Gasteiger partial charge < -0.3 is 10.6 Å². The second-order valence-corrected chi connectivity index (χ2v) is 9.57. The zero-order valence-electron chi connectivity index (χ0n) is 17.0. The maximum absolute atomic E-state index is 3.66. The highest BCUT2D eigenvalue weighted by Gasteiger charge is 2.32. The van der Waals surface area contributed by atoms with Crippen LogP contribution >= 0.6 is 11.8 Å². The molecule has 0 atom stereocenters. The first kappa shape index (κ1) is 17.7. The summed E-state index contributed by atoms with van der Waals surface area (Å²) in [5.41, 5.74) is 9.86. The lowest BCUT2D eigenvalue weighted by atomic mass is 9.74. The van der Waals surface area contributed by atoms with Gasteiger partial charge in [0.25, 0.3) is 0 Å². The Balaban J connectivity index is 1.40. The molecule has 0 bridgehead atoms. The molecular weight excluding hydrogens is 384 g/mol. The van der Waals surface area contributed by atoms with E-state index < -0.39 is 0 Å². The van der Waals surface area contributed by atoms with Crippen LogP contribution in [0.15, 0.2) is 94.7 Å². The lowest BCUT2D eigenvalue weighted by molar-refractivity contribution is 0.638. The maximum Gasteiger partial charge on any atom is 0.0532 e. The number of rotatable bonds is 1. The van der Waals surface area contributed by atoms with Gasteiger partial charge in [-0.3, -0.25) is 0 Å².